The molecule has 2 N–H and O–H groups in total. The normalized spacial score (nSPS) is 18.7. The first-order valence-electron chi connectivity index (χ1n) is 16.7. The molecule has 46 heavy (non-hydrogen) atoms. The average Bonchev–Trinajstić information content (AvgIpc) is 2.92. The van der Waals surface area contributed by atoms with Crippen LogP contribution in [0, 0.1) is 29.6 Å². The molecule has 0 rings (SSSR count). The quantitative estimate of drug-likeness (QED) is 0.0675. The van der Waals surface area contributed by atoms with Crippen molar-refractivity contribution >= 4 is 34.9 Å². The van der Waals surface area contributed by atoms with Crippen LogP contribution in [0.25, 0.3) is 0 Å². The van der Waals surface area contributed by atoms with Gasteiger partial charge in [-0.1, -0.05) is 107 Å². The van der Waals surface area contributed by atoms with Gasteiger partial charge in [0.15, 0.2) is 16.6 Å². The Labute approximate surface area is 283 Å². The van der Waals surface area contributed by atoms with E-state index >= 15 is 0 Å². The van der Waals surface area contributed by atoms with Gasteiger partial charge in [0.05, 0.1) is 18.1 Å². The smallest absolute Gasteiger partial charge is 0.404 e. The van der Waals surface area contributed by atoms with Crippen LogP contribution in [0.3, 0.4) is 0 Å². The van der Waals surface area contributed by atoms with Crippen LogP contribution in [0.1, 0.15) is 76.2 Å². The molecule has 0 aromatic heterocycles. The van der Waals surface area contributed by atoms with Crippen LogP contribution in [0.5, 0.6) is 0 Å². The fourth-order valence-electron chi connectivity index (χ4n) is 5.26. The van der Waals surface area contributed by atoms with E-state index in [9.17, 15) is 14.4 Å². The molecule has 0 heterocycles. The predicted molar refractivity (Wildman–Crippen MR) is 197 cm³/mol. The summed E-state index contributed by atoms with van der Waals surface area (Å²) in [4.78, 5) is 39.2. The highest BCUT2D eigenvalue weighted by Crippen LogP contribution is 2.41. The third-order valence-corrected chi connectivity index (χ3v) is 19.2. The molecule has 0 saturated carbocycles. The van der Waals surface area contributed by atoms with E-state index in [1.165, 1.54) is 6.08 Å². The van der Waals surface area contributed by atoms with Crippen molar-refractivity contribution < 1.29 is 28.0 Å². The van der Waals surface area contributed by atoms with E-state index in [1.54, 1.807) is 11.0 Å². The first-order valence-corrected chi connectivity index (χ1v) is 22.5. The Hall–Kier alpha value is -2.02. The van der Waals surface area contributed by atoms with Gasteiger partial charge in [-0.15, -0.1) is 0 Å². The van der Waals surface area contributed by atoms with E-state index in [4.69, 9.17) is 19.3 Å². The summed E-state index contributed by atoms with van der Waals surface area (Å²) in [5, 5.41) is -0.108. The van der Waals surface area contributed by atoms with Crippen molar-refractivity contribution in [2.24, 2.45) is 35.3 Å². The van der Waals surface area contributed by atoms with Gasteiger partial charge >= 0.3 is 6.09 Å². The number of nitrogens with zero attached hydrogens (tertiary/aromatic N) is 1. The zero-order chi connectivity index (χ0) is 36.4. The summed E-state index contributed by atoms with van der Waals surface area (Å²) >= 11 is 0. The third-order valence-electron chi connectivity index (χ3n) is 10.2. The SMILES string of the molecule is C=C/C=C\[C@H](C)[C@H](OC(N)=O)[C@@H](C)[C@H](O[Si](C)(C)C(C)(C)C)[C@@H](C)C(=O)N(C)C[C@H](C)[C@@H](O[Si](C)(C)C(C)(C)C)[C@@H](C)/C=C\C=O. The van der Waals surface area contributed by atoms with Gasteiger partial charge in [0.25, 0.3) is 0 Å². The number of carbonyl (C=O) groups excluding carboxylic acids is 3. The van der Waals surface area contributed by atoms with Gasteiger partial charge in [0.2, 0.25) is 5.91 Å². The summed E-state index contributed by atoms with van der Waals surface area (Å²) in [6.07, 6.45) is 7.40. The fraction of sp³-hybridized carbons (Fsp3) is 0.750. The summed E-state index contributed by atoms with van der Waals surface area (Å²) in [7, 11) is -2.71. The number of allylic oxidation sites excluding steroid dienone is 3. The maximum Gasteiger partial charge on any atom is 0.404 e. The second kappa shape index (κ2) is 17.9. The molecule has 0 unspecified atom stereocenters. The zero-order valence-electron chi connectivity index (χ0n) is 32.0. The fourth-order valence-corrected chi connectivity index (χ4v) is 8.20. The minimum atomic E-state index is -2.37. The Kier molecular flexibility index (Phi) is 17.2. The number of primary amides is 1. The molecular formula is C36H68N2O6Si2. The van der Waals surface area contributed by atoms with Crippen molar-refractivity contribution in [3.05, 3.63) is 37.0 Å². The maximum atomic E-state index is 14.3. The topological polar surface area (TPSA) is 108 Å². The van der Waals surface area contributed by atoms with E-state index in [-0.39, 0.29) is 45.8 Å². The first-order chi connectivity index (χ1) is 20.8. The van der Waals surface area contributed by atoms with E-state index in [2.05, 4.69) is 88.2 Å². The molecular weight excluding hydrogens is 613 g/mol. The highest BCUT2D eigenvalue weighted by Gasteiger charge is 2.46. The molecule has 8 atom stereocenters. The van der Waals surface area contributed by atoms with Crippen LogP contribution in [-0.2, 0) is 23.2 Å². The lowest BCUT2D eigenvalue weighted by Crippen LogP contribution is -2.54. The van der Waals surface area contributed by atoms with Gasteiger partial charge in [-0.3, -0.25) is 9.59 Å². The number of amides is 2. The van der Waals surface area contributed by atoms with E-state index in [0.29, 0.717) is 6.54 Å². The van der Waals surface area contributed by atoms with Crippen LogP contribution in [-0.4, -0.2) is 71.7 Å². The zero-order valence-corrected chi connectivity index (χ0v) is 34.0. The van der Waals surface area contributed by atoms with Crippen LogP contribution in [0.4, 0.5) is 4.79 Å². The Bertz CT molecular complexity index is 1060. The lowest BCUT2D eigenvalue weighted by atomic mass is 9.83. The van der Waals surface area contributed by atoms with Crippen LogP contribution >= 0.6 is 0 Å². The number of hydrogen-bond acceptors (Lipinski definition) is 6. The number of ether oxygens (including phenoxy) is 1. The van der Waals surface area contributed by atoms with E-state index in [0.717, 1.165) is 6.29 Å². The molecule has 0 fully saturated rings. The highest BCUT2D eigenvalue weighted by molar-refractivity contribution is 6.74. The molecule has 8 nitrogen and oxygen atoms in total. The molecule has 0 aliphatic heterocycles. The lowest BCUT2D eigenvalue weighted by molar-refractivity contribution is -0.140. The second-order valence-corrected chi connectivity index (χ2v) is 25.8. The molecule has 0 spiro atoms. The number of rotatable bonds is 18. The second-order valence-electron chi connectivity index (χ2n) is 16.3. The summed E-state index contributed by atoms with van der Waals surface area (Å²) in [5.74, 6) is -1.19. The Morgan fingerprint density at radius 2 is 1.24 bits per heavy atom. The molecule has 0 saturated heterocycles. The summed E-state index contributed by atoms with van der Waals surface area (Å²) < 4.78 is 19.6. The molecule has 0 aliphatic carbocycles. The van der Waals surface area contributed by atoms with Gasteiger partial charge in [-0.25, -0.2) is 4.79 Å². The van der Waals surface area contributed by atoms with Gasteiger partial charge in [-0.05, 0) is 54.2 Å². The van der Waals surface area contributed by atoms with Gasteiger partial charge in [-0.2, -0.15) is 0 Å². The number of nitrogens with two attached hydrogens (primary N) is 1. The van der Waals surface area contributed by atoms with Crippen molar-refractivity contribution in [3.63, 3.8) is 0 Å². The van der Waals surface area contributed by atoms with Crippen molar-refractivity contribution in [3.8, 4) is 0 Å². The Balaban J connectivity index is 6.60. The third kappa shape index (κ3) is 12.9. The lowest BCUT2D eigenvalue weighted by Gasteiger charge is -2.45. The van der Waals surface area contributed by atoms with Gasteiger partial charge in [0, 0.05) is 25.4 Å². The summed E-state index contributed by atoms with van der Waals surface area (Å²) in [6, 6.07) is 0. The van der Waals surface area contributed by atoms with Crippen LogP contribution in [0.2, 0.25) is 36.3 Å². The van der Waals surface area contributed by atoms with Crippen molar-refractivity contribution in [2.45, 2.75) is 131 Å². The molecule has 0 bridgehead atoms. The van der Waals surface area contributed by atoms with Gasteiger partial charge < -0.3 is 24.2 Å². The largest absolute Gasteiger partial charge is 0.445 e. The molecule has 10 heteroatoms. The minimum absolute atomic E-state index is 0.00126. The van der Waals surface area contributed by atoms with Crippen molar-refractivity contribution in [1.82, 2.24) is 4.90 Å². The molecule has 0 aliphatic rings. The highest BCUT2D eigenvalue weighted by atomic mass is 28.4. The van der Waals surface area contributed by atoms with E-state index in [1.807, 2.05) is 46.0 Å². The van der Waals surface area contributed by atoms with Crippen molar-refractivity contribution in [1.29, 1.82) is 0 Å². The minimum Gasteiger partial charge on any atom is -0.445 e. The van der Waals surface area contributed by atoms with Gasteiger partial charge in [0.1, 0.15) is 12.4 Å². The molecule has 0 radical (unpaired) electrons. The van der Waals surface area contributed by atoms with Crippen LogP contribution in [0.15, 0.2) is 37.0 Å². The summed E-state index contributed by atoms with van der Waals surface area (Å²) in [5.41, 5.74) is 5.54. The van der Waals surface area contributed by atoms with Crippen LogP contribution < -0.4 is 5.73 Å². The number of carbonyl (C=O) groups is 3. The molecule has 266 valence electrons. The van der Waals surface area contributed by atoms with Crippen molar-refractivity contribution in [2.75, 3.05) is 13.6 Å². The maximum absolute atomic E-state index is 14.3. The first kappa shape index (κ1) is 44.0. The van der Waals surface area contributed by atoms with E-state index < -0.39 is 40.9 Å². The Morgan fingerprint density at radius 3 is 1.65 bits per heavy atom. The monoisotopic (exact) mass is 680 g/mol. The predicted octanol–water partition coefficient (Wildman–Crippen LogP) is 8.37. The molecule has 2 amide bonds. The average molecular weight is 681 g/mol. The number of hydrogen-bond donors (Lipinski definition) is 1. The molecule has 0 aromatic carbocycles. The Morgan fingerprint density at radius 1 is 0.804 bits per heavy atom. The standard InChI is InChI=1S/C36H68N2O6Si2/c1-18-19-21-26(3)31(42-34(37)41)28(5)32(44-46(16,17)36(10,11)12)29(6)33(40)38(13)24-27(4)30(25(2)22-20-23-39)43-45(14,15)35(7,8)9/h18-23,25-32H,1,24H2,2-17H3,(H2,37,41)/b21-19-,22-20-/t25-,26-,27-,28+,29+,30-,31-,32-/m0/s1. The molecule has 0 aromatic rings. The number of aldehydes is 1. The summed E-state index contributed by atoms with van der Waals surface area (Å²) in [6.45, 7) is 36.1.